The van der Waals surface area contributed by atoms with Crippen molar-refractivity contribution in [3.05, 3.63) is 0 Å². The summed E-state index contributed by atoms with van der Waals surface area (Å²) in [4.78, 5) is 25.5. The van der Waals surface area contributed by atoms with E-state index in [0.717, 1.165) is 6.42 Å². The molecule has 0 aromatic rings. The molecule has 1 N–H and O–H groups in total. The Balaban J connectivity index is 1.87. The molecule has 120 valence electrons. The summed E-state index contributed by atoms with van der Waals surface area (Å²) in [6.45, 7) is 5.83. The Labute approximate surface area is 126 Å². The molecule has 2 rings (SSSR count). The maximum Gasteiger partial charge on any atom is 0.308 e. The van der Waals surface area contributed by atoms with Crippen LogP contribution in [0, 0.1) is 23.7 Å². The van der Waals surface area contributed by atoms with Crippen molar-refractivity contribution in [2.24, 2.45) is 23.7 Å². The minimum absolute atomic E-state index is 0.173. The van der Waals surface area contributed by atoms with Crippen molar-refractivity contribution in [3.63, 3.8) is 0 Å². The zero-order chi connectivity index (χ0) is 15.4. The Morgan fingerprint density at radius 3 is 2.57 bits per heavy atom. The zero-order valence-electron chi connectivity index (χ0n) is 13.1. The van der Waals surface area contributed by atoms with Crippen molar-refractivity contribution in [3.8, 4) is 0 Å². The second-order valence-electron chi connectivity index (χ2n) is 6.36. The van der Waals surface area contributed by atoms with Gasteiger partial charge in [0, 0.05) is 32.2 Å². The number of nitrogens with zero attached hydrogens (tertiary/aromatic N) is 1. The molecule has 0 aromatic carbocycles. The molecule has 3 unspecified atom stereocenters. The number of carbonyl (C=O) groups is 2. The molecule has 2 aliphatic rings. The lowest BCUT2D eigenvalue weighted by Crippen LogP contribution is -2.39. The first kappa shape index (κ1) is 16.3. The lowest BCUT2D eigenvalue weighted by molar-refractivity contribution is -0.143. The molecule has 5 nitrogen and oxygen atoms in total. The molecule has 2 saturated carbocycles. The molecule has 0 saturated heterocycles. The van der Waals surface area contributed by atoms with Gasteiger partial charge in [0.2, 0.25) is 5.91 Å². The average Bonchev–Trinajstić information content (AvgIpc) is 2.93. The van der Waals surface area contributed by atoms with E-state index in [2.05, 4.69) is 0 Å². The van der Waals surface area contributed by atoms with Gasteiger partial charge in [0.1, 0.15) is 0 Å². The van der Waals surface area contributed by atoms with Crippen LogP contribution in [0.15, 0.2) is 0 Å². The summed E-state index contributed by atoms with van der Waals surface area (Å²) in [7, 11) is 0. The highest BCUT2D eigenvalue weighted by Gasteiger charge is 2.57. The van der Waals surface area contributed by atoms with Crippen LogP contribution in [0.1, 0.15) is 39.5 Å². The van der Waals surface area contributed by atoms with Crippen LogP contribution < -0.4 is 0 Å². The summed E-state index contributed by atoms with van der Waals surface area (Å²) in [6, 6.07) is 0. The first-order chi connectivity index (χ1) is 10.1. The van der Waals surface area contributed by atoms with E-state index in [1.807, 2.05) is 6.92 Å². The SMILES string of the molecule is CCOCCCN(CC(C)C(=O)O)C(=O)C1C2CCCC21. The van der Waals surface area contributed by atoms with Crippen LogP contribution in [0.4, 0.5) is 0 Å². The molecule has 0 heterocycles. The fraction of sp³-hybridized carbons (Fsp3) is 0.875. The molecule has 1 amide bonds. The predicted molar refractivity (Wildman–Crippen MR) is 78.8 cm³/mol. The molecule has 0 spiro atoms. The van der Waals surface area contributed by atoms with Crippen LogP contribution in [0.3, 0.4) is 0 Å². The number of amides is 1. The molecular weight excluding hydrogens is 270 g/mol. The predicted octanol–water partition coefficient (Wildman–Crippen LogP) is 2.01. The Morgan fingerprint density at radius 1 is 1.33 bits per heavy atom. The van der Waals surface area contributed by atoms with E-state index in [1.165, 1.54) is 19.3 Å². The third kappa shape index (κ3) is 3.96. The Hall–Kier alpha value is -1.10. The summed E-state index contributed by atoms with van der Waals surface area (Å²) < 4.78 is 5.31. The summed E-state index contributed by atoms with van der Waals surface area (Å²) >= 11 is 0. The number of carboxylic acids is 1. The highest BCUT2D eigenvalue weighted by atomic mass is 16.5. The zero-order valence-corrected chi connectivity index (χ0v) is 13.1. The van der Waals surface area contributed by atoms with Crippen LogP contribution >= 0.6 is 0 Å². The molecule has 21 heavy (non-hydrogen) atoms. The van der Waals surface area contributed by atoms with Crippen molar-refractivity contribution in [2.45, 2.75) is 39.5 Å². The van der Waals surface area contributed by atoms with Crippen molar-refractivity contribution in [2.75, 3.05) is 26.3 Å². The van der Waals surface area contributed by atoms with E-state index in [4.69, 9.17) is 9.84 Å². The first-order valence-corrected chi connectivity index (χ1v) is 8.15. The Morgan fingerprint density at radius 2 is 2.00 bits per heavy atom. The maximum absolute atomic E-state index is 12.6. The average molecular weight is 297 g/mol. The minimum Gasteiger partial charge on any atom is -0.481 e. The van der Waals surface area contributed by atoms with E-state index in [9.17, 15) is 9.59 Å². The molecule has 0 radical (unpaired) electrons. The lowest BCUT2D eigenvalue weighted by atomic mass is 10.1. The van der Waals surface area contributed by atoms with Gasteiger partial charge in [-0.2, -0.15) is 0 Å². The third-order valence-electron chi connectivity index (χ3n) is 4.84. The topological polar surface area (TPSA) is 66.8 Å². The monoisotopic (exact) mass is 297 g/mol. The number of rotatable bonds is 9. The van der Waals surface area contributed by atoms with Gasteiger partial charge in [-0.3, -0.25) is 9.59 Å². The van der Waals surface area contributed by atoms with Gasteiger partial charge in [0.15, 0.2) is 0 Å². The van der Waals surface area contributed by atoms with Gasteiger partial charge >= 0.3 is 5.97 Å². The summed E-state index contributed by atoms with van der Waals surface area (Å²) in [5, 5.41) is 9.08. The number of carbonyl (C=O) groups excluding carboxylic acids is 1. The van der Waals surface area contributed by atoms with E-state index in [-0.39, 0.29) is 11.8 Å². The number of aliphatic carboxylic acids is 1. The smallest absolute Gasteiger partial charge is 0.308 e. The number of fused-ring (bicyclic) bond motifs is 1. The quantitative estimate of drug-likeness (QED) is 0.661. The van der Waals surface area contributed by atoms with Crippen LogP contribution in [-0.2, 0) is 14.3 Å². The van der Waals surface area contributed by atoms with Crippen LogP contribution in [-0.4, -0.2) is 48.2 Å². The van der Waals surface area contributed by atoms with Crippen molar-refractivity contribution in [1.82, 2.24) is 4.90 Å². The van der Waals surface area contributed by atoms with Gasteiger partial charge < -0.3 is 14.7 Å². The normalized spacial score (nSPS) is 28.0. The van der Waals surface area contributed by atoms with Crippen LogP contribution in [0.2, 0.25) is 0 Å². The number of hydrogen-bond donors (Lipinski definition) is 1. The highest BCUT2D eigenvalue weighted by molar-refractivity contribution is 5.83. The van der Waals surface area contributed by atoms with Gasteiger partial charge in [0.05, 0.1) is 5.92 Å². The lowest BCUT2D eigenvalue weighted by Gasteiger charge is -2.25. The maximum atomic E-state index is 12.6. The Bertz CT molecular complexity index is 374. The van der Waals surface area contributed by atoms with Gasteiger partial charge in [0.25, 0.3) is 0 Å². The minimum atomic E-state index is -0.839. The summed E-state index contributed by atoms with van der Waals surface area (Å²) in [5.41, 5.74) is 0. The standard InChI is InChI=1S/C16H27NO4/c1-3-21-9-5-8-17(10-11(2)16(19)20)15(18)14-12-6-4-7-13(12)14/h11-14H,3-10H2,1-2H3,(H,19,20). The molecule has 3 atom stereocenters. The van der Waals surface area contributed by atoms with Gasteiger partial charge in [-0.05, 0) is 38.0 Å². The Kier molecular flexibility index (Phi) is 5.62. The van der Waals surface area contributed by atoms with Crippen molar-refractivity contribution < 1.29 is 19.4 Å². The number of ether oxygens (including phenoxy) is 1. The number of hydrogen-bond acceptors (Lipinski definition) is 3. The first-order valence-electron chi connectivity index (χ1n) is 8.15. The highest BCUT2D eigenvalue weighted by Crippen LogP contribution is 2.58. The third-order valence-corrected chi connectivity index (χ3v) is 4.84. The van der Waals surface area contributed by atoms with Gasteiger partial charge in [-0.25, -0.2) is 0 Å². The second-order valence-corrected chi connectivity index (χ2v) is 6.36. The number of carboxylic acid groups (broad SMARTS) is 1. The fourth-order valence-electron chi connectivity index (χ4n) is 3.60. The molecule has 2 aliphatic carbocycles. The van der Waals surface area contributed by atoms with E-state index in [0.29, 0.717) is 38.1 Å². The molecule has 0 bridgehead atoms. The van der Waals surface area contributed by atoms with Crippen molar-refractivity contribution in [1.29, 1.82) is 0 Å². The molecule has 0 aliphatic heterocycles. The van der Waals surface area contributed by atoms with Crippen molar-refractivity contribution >= 4 is 11.9 Å². The van der Waals surface area contributed by atoms with Crippen LogP contribution in [0.5, 0.6) is 0 Å². The van der Waals surface area contributed by atoms with E-state index >= 15 is 0 Å². The molecule has 5 heteroatoms. The second kappa shape index (κ2) is 7.25. The fourth-order valence-corrected chi connectivity index (χ4v) is 3.60. The summed E-state index contributed by atoms with van der Waals surface area (Å²) in [5.74, 6) is 0.147. The molecular formula is C16H27NO4. The van der Waals surface area contributed by atoms with E-state index < -0.39 is 11.9 Å². The van der Waals surface area contributed by atoms with E-state index in [1.54, 1.807) is 11.8 Å². The van der Waals surface area contributed by atoms with Gasteiger partial charge in [-0.1, -0.05) is 13.3 Å². The van der Waals surface area contributed by atoms with Gasteiger partial charge in [-0.15, -0.1) is 0 Å². The van der Waals surface area contributed by atoms with Crippen LogP contribution in [0.25, 0.3) is 0 Å². The molecule has 2 fully saturated rings. The summed E-state index contributed by atoms with van der Waals surface area (Å²) in [6.07, 6.45) is 4.35. The molecule has 0 aromatic heterocycles. The largest absolute Gasteiger partial charge is 0.481 e.